The molecule has 0 saturated heterocycles. The number of nitro benzene ring substituents is 1. The van der Waals surface area contributed by atoms with Gasteiger partial charge in [0.05, 0.1) is 16.8 Å². The lowest BCUT2D eigenvalue weighted by atomic mass is 10.1. The lowest BCUT2D eigenvalue weighted by molar-refractivity contribution is -0.384. The zero-order valence-corrected chi connectivity index (χ0v) is 13.7. The first-order valence-electron chi connectivity index (χ1n) is 7.20. The Bertz CT molecular complexity index is 891. The molecule has 3 aromatic rings. The van der Waals surface area contributed by atoms with Crippen molar-refractivity contribution in [3.8, 4) is 11.3 Å². The van der Waals surface area contributed by atoms with Gasteiger partial charge in [0.1, 0.15) is 0 Å². The van der Waals surface area contributed by atoms with Gasteiger partial charge in [-0.3, -0.25) is 15.5 Å². The number of nitrogens with one attached hydrogen (secondary N) is 1. The Morgan fingerprint density at radius 2 is 2.00 bits per heavy atom. The highest BCUT2D eigenvalue weighted by Crippen LogP contribution is 2.30. The average molecular weight is 338 g/mol. The Morgan fingerprint density at radius 3 is 2.75 bits per heavy atom. The first kappa shape index (κ1) is 15.8. The minimum Gasteiger partial charge on any atom is -0.258 e. The Labute approximate surface area is 142 Å². The SMILES string of the molecule is Cc1sc(N/N=C/c2cccc([N+](=O)[O-])c2)nc1-c1ccccc1. The molecule has 0 atom stereocenters. The highest BCUT2D eigenvalue weighted by atomic mass is 32.1. The molecule has 0 aliphatic rings. The van der Waals surface area contributed by atoms with Gasteiger partial charge in [-0.15, -0.1) is 11.3 Å². The second-order valence-electron chi connectivity index (χ2n) is 5.01. The summed E-state index contributed by atoms with van der Waals surface area (Å²) >= 11 is 1.51. The molecule has 0 aliphatic carbocycles. The van der Waals surface area contributed by atoms with Crippen molar-refractivity contribution >= 4 is 28.4 Å². The van der Waals surface area contributed by atoms with Crippen LogP contribution in [0.4, 0.5) is 10.8 Å². The molecule has 0 amide bonds. The fourth-order valence-corrected chi connectivity index (χ4v) is 2.97. The number of rotatable bonds is 5. The molecular weight excluding hydrogens is 324 g/mol. The summed E-state index contributed by atoms with van der Waals surface area (Å²) in [6.07, 6.45) is 1.53. The number of benzene rings is 2. The van der Waals surface area contributed by atoms with Crippen molar-refractivity contribution in [1.82, 2.24) is 4.98 Å². The summed E-state index contributed by atoms with van der Waals surface area (Å²) in [6, 6.07) is 16.2. The second kappa shape index (κ2) is 7.01. The van der Waals surface area contributed by atoms with Crippen LogP contribution in [0.5, 0.6) is 0 Å². The third-order valence-corrected chi connectivity index (χ3v) is 4.17. The summed E-state index contributed by atoms with van der Waals surface area (Å²) in [5.74, 6) is 0. The van der Waals surface area contributed by atoms with Crippen LogP contribution in [0.15, 0.2) is 59.7 Å². The molecule has 0 bridgehead atoms. The Kier molecular flexibility index (Phi) is 4.62. The zero-order chi connectivity index (χ0) is 16.9. The van der Waals surface area contributed by atoms with Gasteiger partial charge in [-0.05, 0) is 6.92 Å². The predicted molar refractivity (Wildman–Crippen MR) is 96.6 cm³/mol. The molecule has 1 aromatic heterocycles. The van der Waals surface area contributed by atoms with Crippen LogP contribution in [0.1, 0.15) is 10.4 Å². The Hall–Kier alpha value is -3.06. The molecular formula is C17H14N4O2S. The van der Waals surface area contributed by atoms with Gasteiger partial charge < -0.3 is 0 Å². The third kappa shape index (κ3) is 3.64. The summed E-state index contributed by atoms with van der Waals surface area (Å²) in [6.45, 7) is 2.01. The van der Waals surface area contributed by atoms with Gasteiger partial charge in [0.2, 0.25) is 5.13 Å². The summed E-state index contributed by atoms with van der Waals surface area (Å²) < 4.78 is 0. The van der Waals surface area contributed by atoms with Crippen molar-refractivity contribution in [1.29, 1.82) is 0 Å². The van der Waals surface area contributed by atoms with Crippen molar-refractivity contribution < 1.29 is 4.92 Å². The van der Waals surface area contributed by atoms with Crippen LogP contribution < -0.4 is 5.43 Å². The van der Waals surface area contributed by atoms with Crippen LogP contribution in [0.25, 0.3) is 11.3 Å². The normalized spacial score (nSPS) is 10.9. The summed E-state index contributed by atoms with van der Waals surface area (Å²) in [7, 11) is 0. The minimum atomic E-state index is -0.429. The van der Waals surface area contributed by atoms with Crippen LogP contribution in [-0.2, 0) is 0 Å². The fourth-order valence-electron chi connectivity index (χ4n) is 2.19. The number of hydrogen-bond acceptors (Lipinski definition) is 6. The van der Waals surface area contributed by atoms with E-state index < -0.39 is 4.92 Å². The number of hydrogen-bond donors (Lipinski definition) is 1. The van der Waals surface area contributed by atoms with Crippen LogP contribution in [-0.4, -0.2) is 16.1 Å². The number of hydrazone groups is 1. The van der Waals surface area contributed by atoms with Gasteiger partial charge in [-0.1, -0.05) is 42.5 Å². The monoisotopic (exact) mass is 338 g/mol. The number of nitro groups is 1. The summed E-state index contributed by atoms with van der Waals surface area (Å²) in [5, 5.41) is 15.5. The molecule has 7 heteroatoms. The van der Waals surface area contributed by atoms with Gasteiger partial charge >= 0.3 is 0 Å². The largest absolute Gasteiger partial charge is 0.270 e. The van der Waals surface area contributed by atoms with Gasteiger partial charge in [-0.2, -0.15) is 5.10 Å². The summed E-state index contributed by atoms with van der Waals surface area (Å²) in [4.78, 5) is 16.0. The minimum absolute atomic E-state index is 0.0374. The average Bonchev–Trinajstić information content (AvgIpc) is 2.96. The maximum atomic E-state index is 10.8. The zero-order valence-electron chi connectivity index (χ0n) is 12.8. The van der Waals surface area contributed by atoms with E-state index in [9.17, 15) is 10.1 Å². The smallest absolute Gasteiger partial charge is 0.258 e. The Morgan fingerprint density at radius 1 is 1.21 bits per heavy atom. The lowest BCUT2D eigenvalue weighted by Gasteiger charge is -1.97. The quantitative estimate of drug-likeness (QED) is 0.423. The molecule has 2 aromatic carbocycles. The van der Waals surface area contributed by atoms with Crippen LogP contribution in [0.2, 0.25) is 0 Å². The fraction of sp³-hybridized carbons (Fsp3) is 0.0588. The van der Waals surface area contributed by atoms with Crippen molar-refractivity contribution in [2.24, 2.45) is 5.10 Å². The molecule has 6 nitrogen and oxygen atoms in total. The highest BCUT2D eigenvalue weighted by Gasteiger charge is 2.09. The maximum absolute atomic E-state index is 10.8. The second-order valence-corrected chi connectivity index (χ2v) is 6.22. The van der Waals surface area contributed by atoms with Crippen LogP contribution in [0, 0.1) is 17.0 Å². The van der Waals surface area contributed by atoms with E-state index in [2.05, 4.69) is 15.5 Å². The van der Waals surface area contributed by atoms with Gasteiger partial charge in [0, 0.05) is 28.1 Å². The lowest BCUT2D eigenvalue weighted by Crippen LogP contribution is -1.92. The topological polar surface area (TPSA) is 80.4 Å². The number of aryl methyl sites for hydroxylation is 1. The number of aromatic nitrogens is 1. The molecule has 0 aliphatic heterocycles. The molecule has 0 saturated carbocycles. The predicted octanol–water partition coefficient (Wildman–Crippen LogP) is 4.47. The van der Waals surface area contributed by atoms with Crippen molar-refractivity contribution in [3.05, 3.63) is 75.2 Å². The van der Waals surface area contributed by atoms with Crippen molar-refractivity contribution in [2.45, 2.75) is 6.92 Å². The molecule has 3 rings (SSSR count). The Balaban J connectivity index is 1.73. The van der Waals surface area contributed by atoms with E-state index in [1.54, 1.807) is 12.1 Å². The van der Waals surface area contributed by atoms with Crippen molar-refractivity contribution in [3.63, 3.8) is 0 Å². The van der Waals surface area contributed by atoms with E-state index in [-0.39, 0.29) is 5.69 Å². The van der Waals surface area contributed by atoms with E-state index in [0.29, 0.717) is 10.7 Å². The van der Waals surface area contributed by atoms with E-state index in [1.807, 2.05) is 37.3 Å². The molecule has 1 N–H and O–H groups in total. The molecule has 0 unspecified atom stereocenters. The number of thiazole rings is 1. The molecule has 1 heterocycles. The van der Waals surface area contributed by atoms with Crippen LogP contribution >= 0.6 is 11.3 Å². The third-order valence-electron chi connectivity index (χ3n) is 3.30. The molecule has 120 valence electrons. The standard InChI is InChI=1S/C17H14N4O2S/c1-12-16(14-7-3-2-4-8-14)19-17(24-12)20-18-11-13-6-5-9-15(10-13)21(22)23/h2-11H,1H3,(H,19,20)/b18-11+. The van der Waals surface area contributed by atoms with Gasteiger partial charge in [0.25, 0.3) is 5.69 Å². The van der Waals surface area contributed by atoms with Gasteiger partial charge in [0.15, 0.2) is 0 Å². The van der Waals surface area contributed by atoms with Crippen molar-refractivity contribution in [2.75, 3.05) is 5.43 Å². The molecule has 0 radical (unpaired) electrons. The highest BCUT2D eigenvalue weighted by molar-refractivity contribution is 7.15. The first-order chi connectivity index (χ1) is 11.6. The van der Waals surface area contributed by atoms with E-state index in [0.717, 1.165) is 16.1 Å². The summed E-state index contributed by atoms with van der Waals surface area (Å²) in [5.41, 5.74) is 5.55. The molecule has 0 spiro atoms. The molecule has 0 fully saturated rings. The number of nitrogens with zero attached hydrogens (tertiary/aromatic N) is 3. The van der Waals surface area contributed by atoms with E-state index in [1.165, 1.54) is 29.7 Å². The maximum Gasteiger partial charge on any atom is 0.270 e. The molecule has 24 heavy (non-hydrogen) atoms. The number of anilines is 1. The van der Waals surface area contributed by atoms with E-state index in [4.69, 9.17) is 0 Å². The first-order valence-corrected chi connectivity index (χ1v) is 8.01. The van der Waals surface area contributed by atoms with E-state index >= 15 is 0 Å². The number of non-ortho nitro benzene ring substituents is 1. The van der Waals surface area contributed by atoms with Crippen LogP contribution in [0.3, 0.4) is 0 Å². The van der Waals surface area contributed by atoms with Gasteiger partial charge in [-0.25, -0.2) is 4.98 Å².